The van der Waals surface area contributed by atoms with Crippen molar-refractivity contribution in [1.82, 2.24) is 4.90 Å². The molecule has 98 valence electrons. The first-order valence-electron chi connectivity index (χ1n) is 6.03. The summed E-state index contributed by atoms with van der Waals surface area (Å²) in [5.41, 5.74) is 1.01. The Morgan fingerprint density at radius 1 is 1.35 bits per heavy atom. The van der Waals surface area contributed by atoms with Crippen molar-refractivity contribution in [1.29, 1.82) is 0 Å². The van der Waals surface area contributed by atoms with Gasteiger partial charge in [0, 0.05) is 12.0 Å². The second-order valence-corrected chi connectivity index (χ2v) is 5.91. The monoisotopic (exact) mass is 261 g/mol. The van der Waals surface area contributed by atoms with Gasteiger partial charge in [-0.2, -0.15) is 8.42 Å². The second-order valence-electron chi connectivity index (χ2n) is 4.30. The summed E-state index contributed by atoms with van der Waals surface area (Å²) in [5, 5.41) is 0. The van der Waals surface area contributed by atoms with Gasteiger partial charge in [-0.05, 0) is 13.1 Å². The Kier molecular flexibility index (Phi) is 3.75. The number of hydrogen-bond donors (Lipinski definition) is 0. The summed E-state index contributed by atoms with van der Waals surface area (Å²) in [6, 6.07) is -0.0842. The summed E-state index contributed by atoms with van der Waals surface area (Å²) in [6.45, 7) is 6.76. The zero-order valence-electron chi connectivity index (χ0n) is 10.3. The molecule has 0 fully saturated rings. The molecule has 0 aromatic carbocycles. The van der Waals surface area contributed by atoms with Crippen molar-refractivity contribution in [2.24, 2.45) is 0 Å². The van der Waals surface area contributed by atoms with Crippen molar-refractivity contribution in [3.63, 3.8) is 0 Å². The van der Waals surface area contributed by atoms with Gasteiger partial charge in [0.1, 0.15) is 11.5 Å². The first-order valence-corrected chi connectivity index (χ1v) is 7.61. The summed E-state index contributed by atoms with van der Waals surface area (Å²) in [7, 11) is -3.42. The zero-order chi connectivity index (χ0) is 12.5. The Morgan fingerprint density at radius 3 is 2.71 bits per heavy atom. The molecule has 1 atom stereocenters. The van der Waals surface area contributed by atoms with Crippen LogP contribution in [-0.2, 0) is 19.0 Å². The molecule has 0 N–H and O–H groups in total. The van der Waals surface area contributed by atoms with E-state index in [1.165, 1.54) is 0 Å². The lowest BCUT2D eigenvalue weighted by atomic mass is 10.0. The Labute approximate surface area is 103 Å². The van der Waals surface area contributed by atoms with E-state index in [1.807, 2.05) is 13.8 Å². The quantitative estimate of drug-likeness (QED) is 0.701. The van der Waals surface area contributed by atoms with Gasteiger partial charge >= 0.3 is 10.1 Å². The van der Waals surface area contributed by atoms with Gasteiger partial charge in [0.15, 0.2) is 0 Å². The van der Waals surface area contributed by atoms with E-state index in [0.717, 1.165) is 18.7 Å². The van der Waals surface area contributed by atoms with Gasteiger partial charge in [-0.1, -0.05) is 13.8 Å². The maximum atomic E-state index is 11.7. The minimum atomic E-state index is -3.42. The van der Waals surface area contributed by atoms with Crippen LogP contribution in [0.15, 0.2) is 11.3 Å². The highest BCUT2D eigenvalue weighted by Gasteiger charge is 2.37. The standard InChI is InChI=1S/C11H19NO4S/c1-3-12(4-2)10-8-17(13,14)16-11-5-6-15-7-9(10)11/h10H,3-8H2,1-2H3. The summed E-state index contributed by atoms with van der Waals surface area (Å²) in [4.78, 5) is 2.14. The van der Waals surface area contributed by atoms with Crippen LogP contribution in [-0.4, -0.2) is 51.4 Å². The number of rotatable bonds is 3. The van der Waals surface area contributed by atoms with E-state index in [2.05, 4.69) is 4.90 Å². The molecule has 0 radical (unpaired) electrons. The van der Waals surface area contributed by atoms with Crippen LogP contribution in [0.4, 0.5) is 0 Å². The van der Waals surface area contributed by atoms with Gasteiger partial charge in [0.25, 0.3) is 0 Å². The third kappa shape index (κ3) is 2.64. The average molecular weight is 261 g/mol. The molecule has 2 rings (SSSR count). The van der Waals surface area contributed by atoms with Crippen LogP contribution in [0.2, 0.25) is 0 Å². The lowest BCUT2D eigenvalue weighted by Gasteiger charge is -2.37. The molecule has 2 aliphatic heterocycles. The van der Waals surface area contributed by atoms with Gasteiger partial charge < -0.3 is 8.92 Å². The Morgan fingerprint density at radius 2 is 2.06 bits per heavy atom. The van der Waals surface area contributed by atoms with Crippen molar-refractivity contribution < 1.29 is 17.3 Å². The van der Waals surface area contributed by atoms with E-state index < -0.39 is 10.1 Å². The summed E-state index contributed by atoms with van der Waals surface area (Å²) in [6.07, 6.45) is 0.562. The second kappa shape index (κ2) is 4.96. The first kappa shape index (κ1) is 12.9. The molecule has 0 spiro atoms. The van der Waals surface area contributed by atoms with E-state index >= 15 is 0 Å². The van der Waals surface area contributed by atoms with Crippen LogP contribution >= 0.6 is 0 Å². The van der Waals surface area contributed by atoms with Crippen LogP contribution in [0.5, 0.6) is 0 Å². The van der Waals surface area contributed by atoms with E-state index in [9.17, 15) is 8.42 Å². The zero-order valence-corrected chi connectivity index (χ0v) is 11.1. The van der Waals surface area contributed by atoms with Crippen molar-refractivity contribution >= 4 is 10.1 Å². The molecule has 0 aromatic rings. The normalized spacial score (nSPS) is 27.8. The highest BCUT2D eigenvalue weighted by Crippen LogP contribution is 2.30. The average Bonchev–Trinajstić information content (AvgIpc) is 2.29. The number of nitrogens with zero attached hydrogens (tertiary/aromatic N) is 1. The lowest BCUT2D eigenvalue weighted by Crippen LogP contribution is -2.46. The fourth-order valence-corrected chi connectivity index (χ4v) is 3.80. The summed E-state index contributed by atoms with van der Waals surface area (Å²) < 4.78 is 34.0. The van der Waals surface area contributed by atoms with E-state index in [1.54, 1.807) is 0 Å². The Balaban J connectivity index is 2.34. The van der Waals surface area contributed by atoms with Gasteiger partial charge in [-0.3, -0.25) is 4.90 Å². The molecule has 1 unspecified atom stereocenters. The molecule has 0 saturated carbocycles. The molecule has 0 amide bonds. The number of ether oxygens (including phenoxy) is 1. The molecular formula is C11H19NO4S. The predicted molar refractivity (Wildman–Crippen MR) is 64.0 cm³/mol. The molecular weight excluding hydrogens is 242 g/mol. The van der Waals surface area contributed by atoms with Gasteiger partial charge in [0.2, 0.25) is 0 Å². The van der Waals surface area contributed by atoms with Crippen LogP contribution < -0.4 is 0 Å². The molecule has 17 heavy (non-hydrogen) atoms. The lowest BCUT2D eigenvalue weighted by molar-refractivity contribution is 0.107. The number of hydrogen-bond acceptors (Lipinski definition) is 5. The number of likely N-dealkylation sites (N-methyl/N-ethyl adjacent to an activating group) is 1. The first-order chi connectivity index (χ1) is 8.07. The fourth-order valence-electron chi connectivity index (χ4n) is 2.44. The van der Waals surface area contributed by atoms with Crippen molar-refractivity contribution in [3.8, 4) is 0 Å². The third-order valence-corrected chi connectivity index (χ3v) is 4.51. The summed E-state index contributed by atoms with van der Waals surface area (Å²) >= 11 is 0. The van der Waals surface area contributed by atoms with Crippen molar-refractivity contribution in [3.05, 3.63) is 11.3 Å². The molecule has 0 aliphatic carbocycles. The topological polar surface area (TPSA) is 55.8 Å². The third-order valence-electron chi connectivity index (χ3n) is 3.33. The molecule has 5 nitrogen and oxygen atoms in total. The molecule has 0 bridgehead atoms. The maximum Gasteiger partial charge on any atom is 0.310 e. The minimum Gasteiger partial charge on any atom is -0.387 e. The highest BCUT2D eigenvalue weighted by molar-refractivity contribution is 7.86. The predicted octanol–water partition coefficient (Wildman–Crippen LogP) is 0.731. The van der Waals surface area contributed by atoms with Crippen molar-refractivity contribution in [2.45, 2.75) is 26.3 Å². The molecule has 0 saturated heterocycles. The minimum absolute atomic E-state index is 0.0386. The van der Waals surface area contributed by atoms with Crippen LogP contribution in [0, 0.1) is 0 Å². The van der Waals surface area contributed by atoms with Crippen LogP contribution in [0.25, 0.3) is 0 Å². The molecule has 6 heteroatoms. The van der Waals surface area contributed by atoms with E-state index in [0.29, 0.717) is 25.4 Å². The summed E-state index contributed by atoms with van der Waals surface area (Å²) in [5.74, 6) is 0.649. The molecule has 2 heterocycles. The maximum absolute atomic E-state index is 11.7. The van der Waals surface area contributed by atoms with Crippen LogP contribution in [0.1, 0.15) is 20.3 Å². The Hall–Kier alpha value is -0.590. The van der Waals surface area contributed by atoms with Gasteiger partial charge in [-0.15, -0.1) is 0 Å². The molecule has 0 aromatic heterocycles. The highest BCUT2D eigenvalue weighted by atomic mass is 32.2. The van der Waals surface area contributed by atoms with Gasteiger partial charge in [-0.25, -0.2) is 0 Å². The fraction of sp³-hybridized carbons (Fsp3) is 0.818. The largest absolute Gasteiger partial charge is 0.387 e. The van der Waals surface area contributed by atoms with Crippen molar-refractivity contribution in [2.75, 3.05) is 32.1 Å². The van der Waals surface area contributed by atoms with Gasteiger partial charge in [0.05, 0.1) is 19.3 Å². The van der Waals surface area contributed by atoms with E-state index in [-0.39, 0.29) is 11.8 Å². The van der Waals surface area contributed by atoms with E-state index in [4.69, 9.17) is 8.92 Å². The SMILES string of the molecule is CCN(CC)C1CS(=O)(=O)OC2=C1COCC2. The molecule has 2 aliphatic rings. The Bertz CT molecular complexity index is 411. The van der Waals surface area contributed by atoms with Crippen LogP contribution in [0.3, 0.4) is 0 Å². The smallest absolute Gasteiger partial charge is 0.310 e.